The molecular weight excluding hydrogens is 346 g/mol. The highest BCUT2D eigenvalue weighted by Crippen LogP contribution is 2.29. The lowest BCUT2D eigenvalue weighted by atomic mass is 9.83. The van der Waals surface area contributed by atoms with Gasteiger partial charge in [-0.1, -0.05) is 70.6 Å². The van der Waals surface area contributed by atoms with Crippen molar-refractivity contribution in [1.82, 2.24) is 5.32 Å². The van der Waals surface area contributed by atoms with Crippen LogP contribution in [0.3, 0.4) is 0 Å². The highest BCUT2D eigenvalue weighted by molar-refractivity contribution is 5.26. The van der Waals surface area contributed by atoms with Gasteiger partial charge in [0.1, 0.15) is 0 Å². The van der Waals surface area contributed by atoms with E-state index in [2.05, 4.69) is 35.9 Å². The van der Waals surface area contributed by atoms with Crippen LogP contribution in [0.1, 0.15) is 104 Å². The topological polar surface area (TPSA) is 41.5 Å². The molecule has 0 aromatic rings. The molecule has 0 spiro atoms. The molecule has 1 atom stereocenters. The van der Waals surface area contributed by atoms with Crippen LogP contribution in [0.25, 0.3) is 0 Å². The SMILES string of the molecule is CCCCCCCCCCCCC#CC#CC(O)OC(C)(C)C1CCNCC1. The van der Waals surface area contributed by atoms with Gasteiger partial charge in [0.15, 0.2) is 0 Å². The fourth-order valence-corrected chi connectivity index (χ4v) is 3.84. The number of ether oxygens (including phenoxy) is 1. The van der Waals surface area contributed by atoms with Crippen molar-refractivity contribution in [3.05, 3.63) is 0 Å². The predicted molar refractivity (Wildman–Crippen MR) is 119 cm³/mol. The van der Waals surface area contributed by atoms with Crippen molar-refractivity contribution < 1.29 is 9.84 Å². The van der Waals surface area contributed by atoms with Crippen LogP contribution < -0.4 is 5.32 Å². The van der Waals surface area contributed by atoms with Crippen molar-refractivity contribution in [3.8, 4) is 23.7 Å². The molecule has 1 aliphatic heterocycles. The summed E-state index contributed by atoms with van der Waals surface area (Å²) in [6.45, 7) is 8.39. The first-order valence-electron chi connectivity index (χ1n) is 11.6. The lowest BCUT2D eigenvalue weighted by Gasteiger charge is -2.37. The molecule has 3 nitrogen and oxygen atoms in total. The highest BCUT2D eigenvalue weighted by Gasteiger charge is 2.33. The lowest BCUT2D eigenvalue weighted by molar-refractivity contribution is -0.166. The Kier molecular flexibility index (Phi) is 14.2. The van der Waals surface area contributed by atoms with Crippen LogP contribution in [-0.4, -0.2) is 30.1 Å². The Labute approximate surface area is 174 Å². The van der Waals surface area contributed by atoms with Crippen LogP contribution in [0.15, 0.2) is 0 Å². The highest BCUT2D eigenvalue weighted by atomic mass is 16.6. The van der Waals surface area contributed by atoms with Gasteiger partial charge >= 0.3 is 0 Å². The minimum Gasteiger partial charge on any atom is -0.358 e. The third kappa shape index (κ3) is 12.5. The molecule has 1 aliphatic rings. The molecule has 0 aromatic carbocycles. The lowest BCUT2D eigenvalue weighted by Crippen LogP contribution is -2.43. The quantitative estimate of drug-likeness (QED) is 0.251. The second kappa shape index (κ2) is 15.9. The molecule has 0 bridgehead atoms. The second-order valence-electron chi connectivity index (χ2n) is 8.60. The molecule has 3 heteroatoms. The Morgan fingerprint density at radius 3 is 2.11 bits per heavy atom. The molecule has 0 saturated carbocycles. The maximum Gasteiger partial charge on any atom is 0.221 e. The van der Waals surface area contributed by atoms with Gasteiger partial charge in [0, 0.05) is 6.42 Å². The van der Waals surface area contributed by atoms with E-state index in [9.17, 15) is 5.11 Å². The van der Waals surface area contributed by atoms with Crippen molar-refractivity contribution in [2.24, 2.45) is 5.92 Å². The average molecular weight is 390 g/mol. The molecule has 1 fully saturated rings. The summed E-state index contributed by atoms with van der Waals surface area (Å²) in [5, 5.41) is 13.4. The summed E-state index contributed by atoms with van der Waals surface area (Å²) in [4.78, 5) is 0. The van der Waals surface area contributed by atoms with E-state index in [0.717, 1.165) is 38.8 Å². The third-order valence-electron chi connectivity index (χ3n) is 5.74. The average Bonchev–Trinajstić information content (AvgIpc) is 2.68. The molecule has 1 unspecified atom stereocenters. The smallest absolute Gasteiger partial charge is 0.221 e. The molecule has 160 valence electrons. The van der Waals surface area contributed by atoms with Gasteiger partial charge in [-0.25, -0.2) is 0 Å². The fraction of sp³-hybridized carbons (Fsp3) is 0.840. The molecule has 1 saturated heterocycles. The molecule has 0 radical (unpaired) electrons. The van der Waals surface area contributed by atoms with E-state index in [1.165, 1.54) is 57.8 Å². The van der Waals surface area contributed by atoms with E-state index < -0.39 is 6.29 Å². The zero-order valence-corrected chi connectivity index (χ0v) is 18.6. The van der Waals surface area contributed by atoms with Gasteiger partial charge in [0.25, 0.3) is 0 Å². The number of nitrogens with one attached hydrogen (secondary N) is 1. The van der Waals surface area contributed by atoms with Crippen LogP contribution in [-0.2, 0) is 4.74 Å². The van der Waals surface area contributed by atoms with Crippen LogP contribution in [0.5, 0.6) is 0 Å². The van der Waals surface area contributed by atoms with E-state index in [0.29, 0.717) is 5.92 Å². The van der Waals surface area contributed by atoms with E-state index in [4.69, 9.17) is 4.74 Å². The number of hydrogen-bond donors (Lipinski definition) is 2. The Hall–Kier alpha value is -1.00. The monoisotopic (exact) mass is 389 g/mol. The van der Waals surface area contributed by atoms with Gasteiger partial charge in [0.05, 0.1) is 5.60 Å². The van der Waals surface area contributed by atoms with Crippen LogP contribution >= 0.6 is 0 Å². The molecular formula is C25H43NO2. The molecule has 28 heavy (non-hydrogen) atoms. The number of piperidine rings is 1. The molecule has 1 heterocycles. The summed E-state index contributed by atoms with van der Waals surface area (Å²) >= 11 is 0. The molecule has 1 rings (SSSR count). The summed E-state index contributed by atoms with van der Waals surface area (Å²) in [5.41, 5.74) is -0.361. The maximum absolute atomic E-state index is 10.0. The largest absolute Gasteiger partial charge is 0.358 e. The van der Waals surface area contributed by atoms with E-state index in [1.54, 1.807) is 0 Å². The van der Waals surface area contributed by atoms with Gasteiger partial charge in [-0.2, -0.15) is 0 Å². The van der Waals surface area contributed by atoms with E-state index in [1.807, 2.05) is 13.8 Å². The Morgan fingerprint density at radius 2 is 1.50 bits per heavy atom. The van der Waals surface area contributed by atoms with Crippen molar-refractivity contribution in [3.63, 3.8) is 0 Å². The number of hydrogen-bond acceptors (Lipinski definition) is 3. The maximum atomic E-state index is 10.0. The summed E-state index contributed by atoms with van der Waals surface area (Å²) in [5.74, 6) is 11.9. The summed E-state index contributed by atoms with van der Waals surface area (Å²) in [6.07, 6.45) is 15.4. The normalized spacial score (nSPS) is 16.0. The first-order chi connectivity index (χ1) is 13.6. The summed E-state index contributed by atoms with van der Waals surface area (Å²) in [6, 6.07) is 0. The van der Waals surface area contributed by atoms with E-state index in [-0.39, 0.29) is 5.60 Å². The first kappa shape index (κ1) is 25.0. The summed E-state index contributed by atoms with van der Waals surface area (Å²) in [7, 11) is 0. The van der Waals surface area contributed by atoms with Gasteiger partial charge in [0.2, 0.25) is 6.29 Å². The number of rotatable bonds is 13. The zero-order chi connectivity index (χ0) is 20.5. The molecule has 0 aromatic heterocycles. The number of unbranched alkanes of at least 4 members (excludes halogenated alkanes) is 10. The standard InChI is InChI=1S/C25H43NO2/c1-4-5-6-7-8-9-10-11-12-13-14-15-16-17-18-24(27)28-25(2,3)23-19-21-26-22-20-23/h23-24,26-27H,4-14,19-22H2,1-3H3. The van der Waals surface area contributed by atoms with E-state index >= 15 is 0 Å². The third-order valence-corrected chi connectivity index (χ3v) is 5.74. The number of aliphatic hydroxyl groups is 1. The van der Waals surface area contributed by atoms with Crippen molar-refractivity contribution in [2.45, 2.75) is 116 Å². The van der Waals surface area contributed by atoms with Gasteiger partial charge in [-0.15, -0.1) is 0 Å². The summed E-state index contributed by atoms with van der Waals surface area (Å²) < 4.78 is 5.78. The van der Waals surface area contributed by atoms with Crippen molar-refractivity contribution in [2.75, 3.05) is 13.1 Å². The first-order valence-corrected chi connectivity index (χ1v) is 11.6. The Balaban J connectivity index is 2.06. The van der Waals surface area contributed by atoms with Crippen LogP contribution in [0.4, 0.5) is 0 Å². The van der Waals surface area contributed by atoms with Crippen molar-refractivity contribution >= 4 is 0 Å². The van der Waals surface area contributed by atoms with Crippen LogP contribution in [0.2, 0.25) is 0 Å². The van der Waals surface area contributed by atoms with Gasteiger partial charge in [-0.05, 0) is 69.9 Å². The number of aliphatic hydroxyl groups excluding tert-OH is 1. The van der Waals surface area contributed by atoms with Crippen LogP contribution in [0, 0.1) is 29.6 Å². The van der Waals surface area contributed by atoms with Crippen molar-refractivity contribution in [1.29, 1.82) is 0 Å². The Bertz CT molecular complexity index is 500. The molecule has 0 amide bonds. The fourth-order valence-electron chi connectivity index (χ4n) is 3.84. The minimum absolute atomic E-state index is 0.361. The predicted octanol–water partition coefficient (Wildman–Crippen LogP) is 5.42. The van der Waals surface area contributed by atoms with Gasteiger partial charge < -0.3 is 15.2 Å². The molecule has 2 N–H and O–H groups in total. The van der Waals surface area contributed by atoms with Gasteiger partial charge in [-0.3, -0.25) is 0 Å². The Morgan fingerprint density at radius 1 is 0.929 bits per heavy atom. The minimum atomic E-state index is -1.06. The molecule has 0 aliphatic carbocycles. The second-order valence-corrected chi connectivity index (χ2v) is 8.60. The zero-order valence-electron chi connectivity index (χ0n) is 18.6.